The Labute approximate surface area is 554 Å². The summed E-state index contributed by atoms with van der Waals surface area (Å²) in [6, 6.07) is -0.995. The van der Waals surface area contributed by atoms with Crippen molar-refractivity contribution >= 4 is 5.91 Å². The molecule has 17 atom stereocenters. The van der Waals surface area contributed by atoms with Gasteiger partial charge in [-0.3, -0.25) is 4.79 Å². The maximum atomic E-state index is 13.4. The highest BCUT2D eigenvalue weighted by Gasteiger charge is 2.53. The van der Waals surface area contributed by atoms with Crippen LogP contribution in [0, 0.1) is 0 Å². The standard InChI is InChI=1S/C73H131NO18/c1-3-5-7-9-11-13-15-17-18-19-20-21-22-23-24-25-26-27-28-29-30-31-32-33-34-35-36-37-38-39-41-43-45-47-49-51-61(79)74-56(57(78)50-48-46-44-42-40-16-14-12-10-8-6-4-2)55-87-71-67(85)64(82)69(59(53-76)89-71)92-73-68(86)65(83)70(60(54-77)90-73)91-72-66(84)63(81)62(80)58(52-75)88-72/h10,12,15,17,19-20,40,42,48,50,56-60,62-73,75-78,80-86H,3-9,11,13-14,16,18,21-39,41,43-47,49,51-55H2,1-2H3,(H,74,79)/b12-10+,17-15-,20-19-,42-40+,50-48+. The van der Waals surface area contributed by atoms with Gasteiger partial charge in [-0.15, -0.1) is 0 Å². The van der Waals surface area contributed by atoms with Crippen LogP contribution in [0.2, 0.25) is 0 Å². The first-order chi connectivity index (χ1) is 44.8. The van der Waals surface area contributed by atoms with Crippen molar-refractivity contribution in [2.24, 2.45) is 0 Å². The van der Waals surface area contributed by atoms with Crippen LogP contribution in [0.4, 0.5) is 0 Å². The highest BCUT2D eigenvalue weighted by Crippen LogP contribution is 2.33. The topological polar surface area (TPSA) is 307 Å². The first-order valence-electron chi connectivity index (χ1n) is 36.5. The van der Waals surface area contributed by atoms with E-state index in [-0.39, 0.29) is 18.9 Å². The lowest BCUT2D eigenvalue weighted by Gasteiger charge is -2.48. The number of nitrogens with one attached hydrogen (secondary N) is 1. The third-order valence-electron chi connectivity index (χ3n) is 18.0. The van der Waals surface area contributed by atoms with E-state index >= 15 is 0 Å². The zero-order valence-electron chi connectivity index (χ0n) is 56.8. The Bertz CT molecular complexity index is 1900. The second kappa shape index (κ2) is 54.5. The molecule has 3 aliphatic heterocycles. The second-order valence-corrected chi connectivity index (χ2v) is 26.0. The Kier molecular flexibility index (Phi) is 49.6. The minimum absolute atomic E-state index is 0.233. The largest absolute Gasteiger partial charge is 0.394 e. The highest BCUT2D eigenvalue weighted by atomic mass is 16.8. The predicted octanol–water partition coefficient (Wildman–Crippen LogP) is 10.3. The number of rotatable bonds is 56. The molecule has 1 amide bonds. The number of amides is 1. The van der Waals surface area contributed by atoms with E-state index < -0.39 is 124 Å². The second-order valence-electron chi connectivity index (χ2n) is 26.0. The van der Waals surface area contributed by atoms with Crippen molar-refractivity contribution in [2.75, 3.05) is 26.4 Å². The maximum absolute atomic E-state index is 13.4. The van der Waals surface area contributed by atoms with E-state index in [2.05, 4.69) is 67.8 Å². The summed E-state index contributed by atoms with van der Waals surface area (Å²) in [7, 11) is 0. The molecule has 536 valence electrons. The lowest BCUT2D eigenvalue weighted by atomic mass is 9.96. The average molecular weight is 1310 g/mol. The molecule has 3 saturated heterocycles. The predicted molar refractivity (Wildman–Crippen MR) is 360 cm³/mol. The van der Waals surface area contributed by atoms with E-state index in [9.17, 15) is 61.0 Å². The molecule has 0 aromatic rings. The summed E-state index contributed by atoms with van der Waals surface area (Å²) in [5.41, 5.74) is 0. The fourth-order valence-electron chi connectivity index (χ4n) is 12.1. The van der Waals surface area contributed by atoms with E-state index in [1.54, 1.807) is 6.08 Å². The van der Waals surface area contributed by atoms with Gasteiger partial charge in [-0.2, -0.15) is 0 Å². The van der Waals surface area contributed by atoms with Crippen molar-refractivity contribution in [3.63, 3.8) is 0 Å². The van der Waals surface area contributed by atoms with Crippen LogP contribution in [0.3, 0.4) is 0 Å². The molecule has 3 fully saturated rings. The SMILES string of the molecule is CCCC/C=C/CC/C=C/CC/C=C/C(O)C(COC1OC(CO)C(OC2OC(CO)C(OC3OC(CO)C(O)C(O)C3O)C(O)C2O)C(O)C1O)NC(=O)CCCCCCCCCCCCCCCCCCCCCCCCC/C=C\C/C=C\CCCCCCC. The van der Waals surface area contributed by atoms with Gasteiger partial charge in [0.25, 0.3) is 0 Å². The zero-order valence-corrected chi connectivity index (χ0v) is 56.8. The average Bonchev–Trinajstić information content (AvgIpc) is 0.819. The Morgan fingerprint density at radius 3 is 1.18 bits per heavy atom. The first-order valence-corrected chi connectivity index (χ1v) is 36.5. The number of carbonyl (C=O) groups excluding carboxylic acids is 1. The van der Waals surface area contributed by atoms with Crippen molar-refractivity contribution in [1.29, 1.82) is 0 Å². The number of hydrogen-bond donors (Lipinski definition) is 12. The molecule has 19 nitrogen and oxygen atoms in total. The summed E-state index contributed by atoms with van der Waals surface area (Å²) in [5, 5.41) is 120. The summed E-state index contributed by atoms with van der Waals surface area (Å²) < 4.78 is 34.3. The van der Waals surface area contributed by atoms with Crippen LogP contribution < -0.4 is 5.32 Å². The van der Waals surface area contributed by atoms with Crippen LogP contribution in [0.5, 0.6) is 0 Å². The molecule has 3 aliphatic rings. The number of ether oxygens (including phenoxy) is 6. The van der Waals surface area contributed by atoms with Gasteiger partial charge in [0.1, 0.15) is 73.2 Å². The summed E-state index contributed by atoms with van der Waals surface area (Å²) in [6.07, 6.45) is 41.0. The summed E-state index contributed by atoms with van der Waals surface area (Å²) in [4.78, 5) is 13.4. The minimum Gasteiger partial charge on any atom is -0.394 e. The molecule has 0 aromatic heterocycles. The van der Waals surface area contributed by atoms with Crippen molar-refractivity contribution in [1.82, 2.24) is 5.32 Å². The van der Waals surface area contributed by atoms with E-state index in [1.807, 2.05) is 6.08 Å². The molecule has 0 saturated carbocycles. The van der Waals surface area contributed by atoms with Gasteiger partial charge < -0.3 is 89.9 Å². The molecule has 0 bridgehead atoms. The van der Waals surface area contributed by atoms with Crippen molar-refractivity contribution < 1.29 is 89.4 Å². The van der Waals surface area contributed by atoms with Crippen LogP contribution in [-0.2, 0) is 33.2 Å². The monoisotopic (exact) mass is 1310 g/mol. The highest BCUT2D eigenvalue weighted by molar-refractivity contribution is 5.76. The summed E-state index contributed by atoms with van der Waals surface area (Å²) >= 11 is 0. The minimum atomic E-state index is -1.98. The van der Waals surface area contributed by atoms with Crippen LogP contribution in [0.1, 0.15) is 264 Å². The van der Waals surface area contributed by atoms with Gasteiger partial charge in [0.15, 0.2) is 18.9 Å². The normalized spacial score (nSPS) is 28.0. The molecule has 19 heteroatoms. The smallest absolute Gasteiger partial charge is 0.220 e. The van der Waals surface area contributed by atoms with E-state index in [4.69, 9.17) is 28.4 Å². The third kappa shape index (κ3) is 35.7. The van der Waals surface area contributed by atoms with Crippen molar-refractivity contribution in [3.05, 3.63) is 60.8 Å². The Morgan fingerprint density at radius 2 is 0.739 bits per heavy atom. The van der Waals surface area contributed by atoms with E-state index in [1.165, 1.54) is 180 Å². The third-order valence-corrected chi connectivity index (χ3v) is 18.0. The quantitative estimate of drug-likeness (QED) is 0.0199. The first kappa shape index (κ1) is 83.7. The molecule has 92 heavy (non-hydrogen) atoms. The summed E-state index contributed by atoms with van der Waals surface area (Å²) in [5.74, 6) is -0.289. The van der Waals surface area contributed by atoms with Crippen LogP contribution in [0.15, 0.2) is 60.8 Å². The molecule has 0 aromatic carbocycles. The molecule has 0 spiro atoms. The zero-order chi connectivity index (χ0) is 66.8. The number of aliphatic hydroxyl groups excluding tert-OH is 11. The van der Waals surface area contributed by atoms with Crippen LogP contribution >= 0.6 is 0 Å². The molecular formula is C73H131NO18. The number of unbranched alkanes of at least 4 members (excludes halogenated alkanes) is 32. The van der Waals surface area contributed by atoms with Gasteiger partial charge in [0.05, 0.1) is 38.6 Å². The molecule has 0 aliphatic carbocycles. The fraction of sp³-hybridized carbons (Fsp3) is 0.849. The Balaban J connectivity index is 1.32. The number of allylic oxidation sites excluding steroid dienone is 9. The van der Waals surface area contributed by atoms with Gasteiger partial charge in [-0.1, -0.05) is 248 Å². The van der Waals surface area contributed by atoms with Gasteiger partial charge in [-0.25, -0.2) is 0 Å². The van der Waals surface area contributed by atoms with E-state index in [0.717, 1.165) is 51.4 Å². The summed E-state index contributed by atoms with van der Waals surface area (Å²) in [6.45, 7) is 1.64. The van der Waals surface area contributed by atoms with Gasteiger partial charge in [0, 0.05) is 6.42 Å². The molecular weight excluding hydrogens is 1180 g/mol. The molecule has 0 radical (unpaired) electrons. The van der Waals surface area contributed by atoms with Gasteiger partial charge >= 0.3 is 0 Å². The lowest BCUT2D eigenvalue weighted by molar-refractivity contribution is -0.379. The number of aliphatic hydroxyl groups is 11. The van der Waals surface area contributed by atoms with Gasteiger partial charge in [-0.05, 0) is 70.6 Å². The molecule has 3 rings (SSSR count). The van der Waals surface area contributed by atoms with Crippen LogP contribution in [0.25, 0.3) is 0 Å². The fourth-order valence-corrected chi connectivity index (χ4v) is 12.1. The van der Waals surface area contributed by atoms with Crippen LogP contribution in [-0.4, -0.2) is 193 Å². The number of carbonyl (C=O) groups is 1. The maximum Gasteiger partial charge on any atom is 0.220 e. The van der Waals surface area contributed by atoms with E-state index in [0.29, 0.717) is 12.8 Å². The van der Waals surface area contributed by atoms with Crippen molar-refractivity contribution in [3.8, 4) is 0 Å². The molecule has 12 N–H and O–H groups in total. The molecule has 3 heterocycles. The van der Waals surface area contributed by atoms with Gasteiger partial charge in [0.2, 0.25) is 5.91 Å². The number of hydrogen-bond acceptors (Lipinski definition) is 18. The lowest BCUT2D eigenvalue weighted by Crippen LogP contribution is -2.66. The Morgan fingerprint density at radius 1 is 0.391 bits per heavy atom. The van der Waals surface area contributed by atoms with Crippen molar-refractivity contribution in [2.45, 2.75) is 369 Å². The molecule has 17 unspecified atom stereocenters. The Hall–Kier alpha value is -2.51.